The smallest absolute Gasteiger partial charge is 0.272 e. The van der Waals surface area contributed by atoms with Gasteiger partial charge in [-0.3, -0.25) is 9.36 Å². The number of rotatable bonds is 9. The molecule has 0 atom stereocenters. The van der Waals surface area contributed by atoms with Crippen LogP contribution >= 0.6 is 23.1 Å². The molecule has 10 heteroatoms. The first-order valence-electron chi connectivity index (χ1n) is 10.2. The highest BCUT2D eigenvalue weighted by Crippen LogP contribution is 2.29. The molecule has 0 N–H and O–H groups in total. The molecule has 8 nitrogen and oxygen atoms in total. The van der Waals surface area contributed by atoms with Crippen molar-refractivity contribution in [1.29, 1.82) is 0 Å². The summed E-state index contributed by atoms with van der Waals surface area (Å²) in [6, 6.07) is 7.29. The summed E-state index contributed by atoms with van der Waals surface area (Å²) in [7, 11) is 3.18. The zero-order chi connectivity index (χ0) is 22.7. The van der Waals surface area contributed by atoms with Gasteiger partial charge in [-0.05, 0) is 35.9 Å². The summed E-state index contributed by atoms with van der Waals surface area (Å²) >= 11 is 2.84. The third kappa shape index (κ3) is 4.81. The highest BCUT2D eigenvalue weighted by molar-refractivity contribution is 7.98. The summed E-state index contributed by atoms with van der Waals surface area (Å²) in [5.41, 5.74) is 1.45. The van der Waals surface area contributed by atoms with Crippen molar-refractivity contribution in [2.45, 2.75) is 37.7 Å². The molecule has 0 bridgehead atoms. The van der Waals surface area contributed by atoms with Crippen molar-refractivity contribution in [2.24, 2.45) is 5.92 Å². The van der Waals surface area contributed by atoms with Crippen LogP contribution < -0.4 is 15.0 Å². The summed E-state index contributed by atoms with van der Waals surface area (Å²) in [6.07, 6.45) is 0.897. The first-order chi connectivity index (χ1) is 15.5. The van der Waals surface area contributed by atoms with E-state index in [1.54, 1.807) is 24.9 Å². The molecule has 3 heterocycles. The topological polar surface area (TPSA) is 92.3 Å². The Morgan fingerprint density at radius 3 is 2.59 bits per heavy atom. The lowest BCUT2D eigenvalue weighted by atomic mass is 10.1. The second-order valence-corrected chi connectivity index (χ2v) is 9.43. The summed E-state index contributed by atoms with van der Waals surface area (Å²) < 4.78 is 18.5. The molecule has 3 aromatic heterocycles. The van der Waals surface area contributed by atoms with Gasteiger partial charge in [-0.2, -0.15) is 4.98 Å². The molecule has 0 aliphatic heterocycles. The number of ether oxygens (including phenoxy) is 2. The van der Waals surface area contributed by atoms with Gasteiger partial charge < -0.3 is 14.0 Å². The predicted octanol–water partition coefficient (Wildman–Crippen LogP) is 4.86. The number of thiophene rings is 1. The average Bonchev–Trinajstić information content (AvgIpc) is 3.46. The van der Waals surface area contributed by atoms with Gasteiger partial charge in [0.1, 0.15) is 16.2 Å². The van der Waals surface area contributed by atoms with Gasteiger partial charge in [0, 0.05) is 18.2 Å². The van der Waals surface area contributed by atoms with Gasteiger partial charge in [-0.1, -0.05) is 30.8 Å². The van der Waals surface area contributed by atoms with Gasteiger partial charge >= 0.3 is 0 Å². The molecule has 0 spiro atoms. The fourth-order valence-electron chi connectivity index (χ4n) is 3.11. The maximum absolute atomic E-state index is 13.0. The van der Waals surface area contributed by atoms with Gasteiger partial charge in [0.2, 0.25) is 11.7 Å². The monoisotopic (exact) mass is 472 g/mol. The van der Waals surface area contributed by atoms with Crippen LogP contribution in [0.2, 0.25) is 0 Å². The molecule has 0 aliphatic carbocycles. The zero-order valence-electron chi connectivity index (χ0n) is 18.3. The zero-order valence-corrected chi connectivity index (χ0v) is 20.0. The Morgan fingerprint density at radius 2 is 1.91 bits per heavy atom. The molecule has 0 saturated heterocycles. The van der Waals surface area contributed by atoms with E-state index in [9.17, 15) is 4.79 Å². The van der Waals surface area contributed by atoms with Crippen molar-refractivity contribution in [3.05, 3.63) is 45.9 Å². The largest absolute Gasteiger partial charge is 0.497 e. The van der Waals surface area contributed by atoms with E-state index in [1.165, 1.54) is 23.1 Å². The lowest BCUT2D eigenvalue weighted by Gasteiger charge is -2.12. The normalized spacial score (nSPS) is 11.4. The molecule has 0 saturated carbocycles. The fourth-order valence-corrected chi connectivity index (χ4v) is 4.75. The Kier molecular flexibility index (Phi) is 6.80. The number of hydrogen-bond donors (Lipinski definition) is 0. The average molecular weight is 473 g/mol. The Morgan fingerprint density at radius 1 is 1.16 bits per heavy atom. The molecular weight excluding hydrogens is 448 g/mol. The van der Waals surface area contributed by atoms with E-state index in [4.69, 9.17) is 19.0 Å². The molecule has 0 radical (unpaired) electrons. The quantitative estimate of drug-likeness (QED) is 0.252. The van der Waals surface area contributed by atoms with E-state index in [2.05, 4.69) is 24.0 Å². The third-order valence-electron chi connectivity index (χ3n) is 4.86. The van der Waals surface area contributed by atoms with Gasteiger partial charge in [0.15, 0.2) is 5.16 Å². The minimum Gasteiger partial charge on any atom is -0.497 e. The number of hydrogen-bond acceptors (Lipinski definition) is 9. The number of thioether (sulfide) groups is 1. The molecule has 0 fully saturated rings. The van der Waals surface area contributed by atoms with Crippen LogP contribution in [0, 0.1) is 5.92 Å². The maximum atomic E-state index is 13.0. The van der Waals surface area contributed by atoms with E-state index in [-0.39, 0.29) is 5.56 Å². The van der Waals surface area contributed by atoms with Gasteiger partial charge in [0.25, 0.3) is 5.56 Å². The Balaban J connectivity index is 1.58. The van der Waals surface area contributed by atoms with Crippen LogP contribution in [0.3, 0.4) is 0 Å². The van der Waals surface area contributed by atoms with Crippen LogP contribution in [-0.2, 0) is 12.3 Å². The summed E-state index contributed by atoms with van der Waals surface area (Å²) in [4.78, 5) is 22.2. The molecule has 0 amide bonds. The van der Waals surface area contributed by atoms with Gasteiger partial charge in [0.05, 0.1) is 25.5 Å². The Hall–Kier alpha value is -2.85. The molecule has 32 heavy (non-hydrogen) atoms. The summed E-state index contributed by atoms with van der Waals surface area (Å²) in [6.45, 7) is 4.91. The second-order valence-electron chi connectivity index (χ2n) is 7.57. The Labute approximate surface area is 193 Å². The lowest BCUT2D eigenvalue weighted by Crippen LogP contribution is -2.23. The predicted molar refractivity (Wildman–Crippen MR) is 126 cm³/mol. The van der Waals surface area contributed by atoms with Crippen LogP contribution in [0.15, 0.2) is 44.1 Å². The highest BCUT2D eigenvalue weighted by Gasteiger charge is 2.16. The van der Waals surface area contributed by atoms with Crippen LogP contribution in [0.4, 0.5) is 0 Å². The van der Waals surface area contributed by atoms with Crippen molar-refractivity contribution < 1.29 is 14.0 Å². The molecule has 168 valence electrons. The Bertz CT molecular complexity index is 1260. The molecule has 1 aromatic carbocycles. The first kappa shape index (κ1) is 22.3. The van der Waals surface area contributed by atoms with Crippen LogP contribution in [-0.4, -0.2) is 33.9 Å². The molecule has 4 rings (SSSR count). The van der Waals surface area contributed by atoms with Gasteiger partial charge in [-0.15, -0.1) is 11.3 Å². The molecule has 4 aromatic rings. The number of aromatic nitrogens is 4. The van der Waals surface area contributed by atoms with Gasteiger partial charge in [-0.25, -0.2) is 4.98 Å². The minimum atomic E-state index is 0.00263. The van der Waals surface area contributed by atoms with E-state index in [0.29, 0.717) is 51.3 Å². The first-order valence-corrected chi connectivity index (χ1v) is 12.0. The second kappa shape index (κ2) is 9.74. The van der Waals surface area contributed by atoms with E-state index < -0.39 is 0 Å². The molecule has 0 unspecified atom stereocenters. The van der Waals surface area contributed by atoms with E-state index in [1.807, 2.05) is 23.6 Å². The highest BCUT2D eigenvalue weighted by atomic mass is 32.2. The standard InChI is InChI=1S/C22H24N4O4S2/c1-13(2)5-7-26-21(27)19-17(6-8-31-19)23-22(26)32-12-18-24-20(25-30-18)14-9-15(28-3)11-16(10-14)29-4/h6,8-11,13H,5,7,12H2,1-4H3. The number of fused-ring (bicyclic) bond motifs is 1. The van der Waals surface area contributed by atoms with Crippen LogP contribution in [0.5, 0.6) is 11.5 Å². The SMILES string of the molecule is COc1cc(OC)cc(-c2noc(CSc3nc4ccsc4c(=O)n3CCC(C)C)n2)c1. The van der Waals surface area contributed by atoms with Crippen molar-refractivity contribution in [2.75, 3.05) is 14.2 Å². The number of benzene rings is 1. The van der Waals surface area contributed by atoms with Crippen molar-refractivity contribution in [3.8, 4) is 22.9 Å². The maximum Gasteiger partial charge on any atom is 0.272 e. The minimum absolute atomic E-state index is 0.00263. The summed E-state index contributed by atoms with van der Waals surface area (Å²) in [5, 5.41) is 6.65. The van der Waals surface area contributed by atoms with E-state index >= 15 is 0 Å². The number of methoxy groups -OCH3 is 2. The lowest BCUT2D eigenvalue weighted by molar-refractivity contribution is 0.390. The number of nitrogens with zero attached hydrogens (tertiary/aromatic N) is 4. The molecule has 0 aliphatic rings. The van der Waals surface area contributed by atoms with Crippen LogP contribution in [0.25, 0.3) is 21.6 Å². The van der Waals surface area contributed by atoms with Crippen molar-refractivity contribution in [1.82, 2.24) is 19.7 Å². The fraction of sp³-hybridized carbons (Fsp3) is 0.364. The summed E-state index contributed by atoms with van der Waals surface area (Å²) in [5.74, 6) is 3.05. The molecular formula is C22H24N4O4S2. The van der Waals surface area contributed by atoms with Crippen LogP contribution in [0.1, 0.15) is 26.2 Å². The van der Waals surface area contributed by atoms with Crippen molar-refractivity contribution >= 4 is 33.3 Å². The van der Waals surface area contributed by atoms with Crippen molar-refractivity contribution in [3.63, 3.8) is 0 Å². The van der Waals surface area contributed by atoms with E-state index in [0.717, 1.165) is 17.5 Å². The third-order valence-corrected chi connectivity index (χ3v) is 6.72.